The molecular formula is C12H21N3O8S2. The van der Waals surface area contributed by atoms with Gasteiger partial charge in [-0.1, -0.05) is 0 Å². The third-order valence-corrected chi connectivity index (χ3v) is 5.28. The molecule has 25 heavy (non-hydrogen) atoms. The van der Waals surface area contributed by atoms with E-state index in [0.717, 1.165) is 0 Å². The lowest BCUT2D eigenvalue weighted by molar-refractivity contribution is -0.0541. The molecule has 0 amide bonds. The smallest absolute Gasteiger partial charge is 0.266 e. The molecule has 2 heterocycles. The molecule has 0 spiro atoms. The number of rotatable bonds is 7. The normalized spacial score (nSPS) is 28.1. The average Bonchev–Trinajstić information content (AvgIpc) is 2.81. The van der Waals surface area contributed by atoms with Crippen molar-refractivity contribution in [3.8, 4) is 0 Å². The summed E-state index contributed by atoms with van der Waals surface area (Å²) >= 11 is 0.537. The number of hydrogen-bond acceptors (Lipinski definition) is 8. The number of aliphatic hydroxyl groups is 3. The van der Waals surface area contributed by atoms with Crippen molar-refractivity contribution in [1.29, 1.82) is 0 Å². The van der Waals surface area contributed by atoms with Gasteiger partial charge in [-0.05, 0) is 0 Å². The van der Waals surface area contributed by atoms with E-state index in [-0.39, 0.29) is 18.0 Å². The topological polar surface area (TPSA) is 174 Å². The minimum Gasteiger partial charge on any atom is -0.394 e. The maximum absolute atomic E-state index is 11.5. The molecule has 0 aliphatic carbocycles. The van der Waals surface area contributed by atoms with E-state index in [1.54, 1.807) is 0 Å². The summed E-state index contributed by atoms with van der Waals surface area (Å²) in [6.45, 7) is -0.445. The van der Waals surface area contributed by atoms with Crippen LogP contribution in [0.2, 0.25) is 0 Å². The van der Waals surface area contributed by atoms with Gasteiger partial charge in [0.1, 0.15) is 23.1 Å². The third kappa shape index (κ3) is 5.46. The highest BCUT2D eigenvalue weighted by molar-refractivity contribution is 7.91. The number of aromatic nitrogens is 2. The highest BCUT2D eigenvalue weighted by atomic mass is 32.2. The van der Waals surface area contributed by atoms with Crippen LogP contribution in [-0.4, -0.2) is 80.9 Å². The summed E-state index contributed by atoms with van der Waals surface area (Å²) in [7, 11) is -4.05. The maximum Gasteiger partial charge on any atom is 0.266 e. The molecule has 144 valence electrons. The highest BCUT2D eigenvalue weighted by Gasteiger charge is 2.43. The molecule has 1 aromatic heterocycles. The Morgan fingerprint density at radius 3 is 2.68 bits per heavy atom. The quantitative estimate of drug-likeness (QED) is 0.111. The largest absolute Gasteiger partial charge is 0.394 e. The van der Waals surface area contributed by atoms with Gasteiger partial charge >= 0.3 is 0 Å². The molecule has 0 bridgehead atoms. The van der Waals surface area contributed by atoms with Crippen LogP contribution in [0.3, 0.4) is 0 Å². The summed E-state index contributed by atoms with van der Waals surface area (Å²) < 4.78 is 37.1. The second-order valence-electron chi connectivity index (χ2n) is 5.37. The van der Waals surface area contributed by atoms with Crippen molar-refractivity contribution in [2.75, 3.05) is 24.8 Å². The molecule has 4 atom stereocenters. The lowest BCUT2D eigenvalue weighted by Crippen LogP contribution is -2.33. The van der Waals surface area contributed by atoms with E-state index >= 15 is 0 Å². The summed E-state index contributed by atoms with van der Waals surface area (Å²) in [5.41, 5.74) is -0.386. The van der Waals surface area contributed by atoms with E-state index < -0.39 is 47.0 Å². The van der Waals surface area contributed by atoms with Crippen molar-refractivity contribution in [3.63, 3.8) is 0 Å². The number of aromatic amines is 1. The molecule has 1 fully saturated rings. The Bertz CT molecular complexity index is 805. The molecule has 6 N–H and O–H groups in total. The molecule has 0 saturated carbocycles. The first-order valence-corrected chi connectivity index (χ1v) is 10.0. The standard InChI is InChI=1S/C12H21N3O8S2/c16-5-7-9(18)10(19)11(23-7)15-3-1-8(17)14-12(15)24-6-13-2-4-25(20,21)22/h1,3,7,9-11,13,16,18-19,24H,2,4-6H2,(H,14,17)(H,20,21,22)/t7-,9-,10-,11-/m1/s1. The van der Waals surface area contributed by atoms with E-state index in [2.05, 4.69) is 10.3 Å². The summed E-state index contributed by atoms with van der Waals surface area (Å²) in [5, 5.41) is 31.9. The van der Waals surface area contributed by atoms with Gasteiger partial charge in [-0.2, -0.15) is 8.42 Å². The Labute approximate surface area is 146 Å². The van der Waals surface area contributed by atoms with Crippen molar-refractivity contribution in [2.24, 2.45) is 0 Å². The molecule has 0 unspecified atom stereocenters. The molecular weight excluding hydrogens is 378 g/mol. The van der Waals surface area contributed by atoms with Crippen LogP contribution in [0.5, 0.6) is 0 Å². The van der Waals surface area contributed by atoms with Crippen molar-refractivity contribution < 1.29 is 33.0 Å². The molecule has 13 heteroatoms. The Morgan fingerprint density at radius 2 is 2.08 bits per heavy atom. The Balaban J connectivity index is 2.17. The molecule has 1 aliphatic rings. The van der Waals surface area contributed by atoms with Gasteiger partial charge in [0.15, 0.2) is 6.23 Å². The summed E-state index contributed by atoms with van der Waals surface area (Å²) in [4.78, 5) is 14.1. The van der Waals surface area contributed by atoms with Crippen LogP contribution in [0.4, 0.5) is 0 Å². The highest BCUT2D eigenvalue weighted by Crippen LogP contribution is 2.29. The molecule has 0 radical (unpaired) electrons. The van der Waals surface area contributed by atoms with E-state index in [1.165, 1.54) is 16.8 Å². The SMILES string of the molecule is O=c1ccn([C@@H]2O[C@H](CO)[C@@H](O)[C@H]2O)c(=[SH]CNCCS(=O)(=O)O)[nH]1. The molecule has 0 aromatic carbocycles. The van der Waals surface area contributed by atoms with E-state index in [0.29, 0.717) is 16.1 Å². The number of hydrogen-bond donors (Lipinski definition) is 7. The molecule has 2 rings (SSSR count). The van der Waals surface area contributed by atoms with Crippen molar-refractivity contribution >= 4 is 21.5 Å². The summed E-state index contributed by atoms with van der Waals surface area (Å²) in [6, 6.07) is 1.22. The van der Waals surface area contributed by atoms with Gasteiger partial charge in [0, 0.05) is 24.7 Å². The van der Waals surface area contributed by atoms with Gasteiger partial charge in [-0.3, -0.25) is 9.35 Å². The third-order valence-electron chi connectivity index (χ3n) is 3.53. The predicted molar refractivity (Wildman–Crippen MR) is 89.6 cm³/mol. The van der Waals surface area contributed by atoms with Crippen LogP contribution in [0.1, 0.15) is 6.23 Å². The van der Waals surface area contributed by atoms with Crippen LogP contribution < -0.4 is 10.9 Å². The monoisotopic (exact) mass is 399 g/mol. The van der Waals surface area contributed by atoms with Gasteiger partial charge in [-0.25, -0.2) is 0 Å². The van der Waals surface area contributed by atoms with Gasteiger partial charge in [-0.15, -0.1) is 11.4 Å². The zero-order chi connectivity index (χ0) is 18.6. The Morgan fingerprint density at radius 1 is 1.36 bits per heavy atom. The molecule has 11 nitrogen and oxygen atoms in total. The van der Waals surface area contributed by atoms with Gasteiger partial charge in [0.05, 0.1) is 12.4 Å². The Hall–Kier alpha value is -1.06. The zero-order valence-electron chi connectivity index (χ0n) is 13.0. The van der Waals surface area contributed by atoms with Gasteiger partial charge < -0.3 is 34.9 Å². The number of H-pyrrole nitrogens is 1. The fraction of sp³-hybridized carbons (Fsp3) is 0.667. The zero-order valence-corrected chi connectivity index (χ0v) is 14.7. The predicted octanol–water partition coefficient (Wildman–Crippen LogP) is -2.78. The van der Waals surface area contributed by atoms with E-state index in [4.69, 9.17) is 14.4 Å². The number of aliphatic hydroxyl groups excluding tert-OH is 3. The molecule has 1 aromatic rings. The number of thiol groups is 1. The van der Waals surface area contributed by atoms with Crippen LogP contribution in [0.25, 0.3) is 0 Å². The fourth-order valence-electron chi connectivity index (χ4n) is 2.28. The number of ether oxygens (including phenoxy) is 1. The van der Waals surface area contributed by atoms with Crippen LogP contribution in [0, 0.1) is 4.77 Å². The first-order valence-electron chi connectivity index (χ1n) is 7.33. The number of nitrogens with zero attached hydrogens (tertiary/aromatic N) is 1. The van der Waals surface area contributed by atoms with Crippen molar-refractivity contribution in [1.82, 2.24) is 14.9 Å². The second-order valence-corrected chi connectivity index (χ2v) is 8.00. The molecule has 1 aliphatic heterocycles. The first-order chi connectivity index (χ1) is 11.7. The molecule has 1 saturated heterocycles. The fourth-order valence-corrected chi connectivity index (χ4v) is 3.64. The van der Waals surface area contributed by atoms with Crippen LogP contribution in [0.15, 0.2) is 17.1 Å². The lowest BCUT2D eigenvalue weighted by atomic mass is 10.1. The first kappa shape index (κ1) is 20.3. The van der Waals surface area contributed by atoms with Gasteiger partial charge in [0.2, 0.25) is 0 Å². The second kappa shape index (κ2) is 8.55. The van der Waals surface area contributed by atoms with E-state index in [1.807, 2.05) is 0 Å². The summed E-state index contributed by atoms with van der Waals surface area (Å²) in [6.07, 6.45) is -3.12. The Kier molecular flexibility index (Phi) is 6.93. The lowest BCUT2D eigenvalue weighted by Gasteiger charge is -2.19. The van der Waals surface area contributed by atoms with E-state index in [9.17, 15) is 23.4 Å². The average molecular weight is 399 g/mol. The minimum absolute atomic E-state index is 0.0246. The maximum atomic E-state index is 11.5. The van der Waals surface area contributed by atoms with Crippen molar-refractivity contribution in [2.45, 2.75) is 24.5 Å². The van der Waals surface area contributed by atoms with Crippen molar-refractivity contribution in [3.05, 3.63) is 27.4 Å². The van der Waals surface area contributed by atoms with Crippen LogP contribution in [-0.2, 0) is 14.9 Å². The summed E-state index contributed by atoms with van der Waals surface area (Å²) in [5.74, 6) is -0.188. The minimum atomic E-state index is -4.05. The van der Waals surface area contributed by atoms with Crippen LogP contribution >= 0.6 is 11.4 Å². The number of nitrogens with one attached hydrogen (secondary N) is 2. The van der Waals surface area contributed by atoms with Gasteiger partial charge in [0.25, 0.3) is 15.7 Å².